The van der Waals surface area contributed by atoms with Gasteiger partial charge in [0.05, 0.1) is 18.6 Å². The first-order valence-electron chi connectivity index (χ1n) is 8.10. The highest BCUT2D eigenvalue weighted by Crippen LogP contribution is 2.17. The fraction of sp³-hybridized carbons (Fsp3) is 0.294. The number of carbonyl (C=O) groups is 1. The quantitative estimate of drug-likeness (QED) is 0.631. The Kier molecular flexibility index (Phi) is 4.94. The summed E-state index contributed by atoms with van der Waals surface area (Å²) in [7, 11) is 0. The molecule has 0 bridgehead atoms. The van der Waals surface area contributed by atoms with Crippen LogP contribution >= 0.6 is 11.6 Å². The summed E-state index contributed by atoms with van der Waals surface area (Å²) >= 11 is 6.04. The molecule has 0 radical (unpaired) electrons. The fourth-order valence-electron chi connectivity index (χ4n) is 2.77. The van der Waals surface area contributed by atoms with Crippen LogP contribution in [0.1, 0.15) is 13.8 Å². The number of aromatic nitrogens is 4. The van der Waals surface area contributed by atoms with Gasteiger partial charge in [-0.1, -0.05) is 17.7 Å². The molecule has 1 aromatic carbocycles. The van der Waals surface area contributed by atoms with E-state index in [1.807, 2.05) is 0 Å². The van der Waals surface area contributed by atoms with Gasteiger partial charge >= 0.3 is 11.7 Å². The zero-order chi connectivity index (χ0) is 18.8. The van der Waals surface area contributed by atoms with Crippen LogP contribution in [0.4, 0.5) is 0 Å². The molecule has 0 atom stereocenters. The van der Waals surface area contributed by atoms with Crippen molar-refractivity contribution in [2.45, 2.75) is 26.9 Å². The smallest absolute Gasteiger partial charge is 0.337 e. The first-order valence-corrected chi connectivity index (χ1v) is 8.48. The van der Waals surface area contributed by atoms with Crippen LogP contribution in [0.15, 0.2) is 40.2 Å². The Morgan fingerprint density at radius 3 is 2.69 bits per heavy atom. The second-order valence-electron chi connectivity index (χ2n) is 5.50. The van der Waals surface area contributed by atoms with E-state index in [0.717, 1.165) is 4.57 Å². The zero-order valence-electron chi connectivity index (χ0n) is 14.3. The van der Waals surface area contributed by atoms with Gasteiger partial charge in [0.2, 0.25) is 0 Å². The molecule has 3 aromatic rings. The molecule has 0 saturated heterocycles. The average Bonchev–Trinajstić information content (AvgIpc) is 2.99. The number of hydrogen-bond acceptors (Lipinski definition) is 5. The van der Waals surface area contributed by atoms with Crippen molar-refractivity contribution in [3.8, 4) is 5.69 Å². The molecule has 3 rings (SSSR count). The fourth-order valence-corrected chi connectivity index (χ4v) is 2.96. The maximum Gasteiger partial charge on any atom is 0.337 e. The van der Waals surface area contributed by atoms with Crippen molar-refractivity contribution in [2.75, 3.05) is 6.61 Å². The Bertz CT molecular complexity index is 1100. The third-order valence-electron chi connectivity index (χ3n) is 3.89. The molecule has 0 aliphatic heterocycles. The van der Waals surface area contributed by atoms with E-state index in [-0.39, 0.29) is 30.9 Å². The molecule has 0 N–H and O–H groups in total. The topological polar surface area (TPSA) is 88.1 Å². The summed E-state index contributed by atoms with van der Waals surface area (Å²) in [6.45, 7) is 3.64. The molecule has 136 valence electrons. The van der Waals surface area contributed by atoms with Gasteiger partial charge in [-0.25, -0.2) is 14.3 Å². The predicted molar refractivity (Wildman–Crippen MR) is 96.9 cm³/mol. The van der Waals surface area contributed by atoms with Gasteiger partial charge in [-0.3, -0.25) is 14.2 Å². The maximum atomic E-state index is 12.8. The number of imidazole rings is 1. The van der Waals surface area contributed by atoms with Crippen molar-refractivity contribution >= 4 is 28.7 Å². The monoisotopic (exact) mass is 376 g/mol. The Labute approximate surface area is 153 Å². The maximum absolute atomic E-state index is 12.8. The van der Waals surface area contributed by atoms with Crippen LogP contribution in [0.2, 0.25) is 5.02 Å². The first-order chi connectivity index (χ1) is 12.5. The van der Waals surface area contributed by atoms with Gasteiger partial charge in [0, 0.05) is 11.6 Å². The minimum absolute atomic E-state index is 0.152. The molecular formula is C17H17ClN4O4. The number of esters is 1. The molecule has 26 heavy (non-hydrogen) atoms. The molecule has 0 saturated carbocycles. The largest absolute Gasteiger partial charge is 0.465 e. The van der Waals surface area contributed by atoms with Gasteiger partial charge in [0.1, 0.15) is 6.54 Å². The number of fused-ring (bicyclic) bond motifs is 1. The van der Waals surface area contributed by atoms with Crippen molar-refractivity contribution in [1.82, 2.24) is 18.7 Å². The third kappa shape index (κ3) is 3.03. The van der Waals surface area contributed by atoms with Gasteiger partial charge in [0.25, 0.3) is 5.56 Å². The van der Waals surface area contributed by atoms with E-state index in [1.54, 1.807) is 38.1 Å². The van der Waals surface area contributed by atoms with E-state index in [4.69, 9.17) is 16.3 Å². The molecule has 0 spiro atoms. The summed E-state index contributed by atoms with van der Waals surface area (Å²) in [6, 6.07) is 6.69. The highest BCUT2D eigenvalue weighted by Gasteiger charge is 2.19. The SMILES string of the molecule is CCOC(=O)Cn1cnc2c1c(=O)n(CC)c(=O)n2-c1cccc(Cl)c1. The summed E-state index contributed by atoms with van der Waals surface area (Å²) in [5.74, 6) is -0.491. The molecule has 2 aromatic heterocycles. The van der Waals surface area contributed by atoms with Crippen LogP contribution in [0.25, 0.3) is 16.9 Å². The number of hydrogen-bond donors (Lipinski definition) is 0. The summed E-state index contributed by atoms with van der Waals surface area (Å²) in [6.07, 6.45) is 1.35. The molecule has 8 nitrogen and oxygen atoms in total. The Balaban J connectivity index is 2.32. The lowest BCUT2D eigenvalue weighted by Gasteiger charge is -2.11. The Morgan fingerprint density at radius 2 is 2.04 bits per heavy atom. The van der Waals surface area contributed by atoms with E-state index in [1.165, 1.54) is 15.5 Å². The van der Waals surface area contributed by atoms with Crippen LogP contribution in [0.5, 0.6) is 0 Å². The van der Waals surface area contributed by atoms with Crippen molar-refractivity contribution < 1.29 is 9.53 Å². The Morgan fingerprint density at radius 1 is 1.27 bits per heavy atom. The zero-order valence-corrected chi connectivity index (χ0v) is 15.1. The van der Waals surface area contributed by atoms with E-state index in [0.29, 0.717) is 10.7 Å². The summed E-state index contributed by atoms with van der Waals surface area (Å²) in [5.41, 5.74) is -0.229. The summed E-state index contributed by atoms with van der Waals surface area (Å²) in [5, 5.41) is 0.447. The Hall–Kier alpha value is -2.87. The minimum atomic E-state index is -0.520. The van der Waals surface area contributed by atoms with E-state index < -0.39 is 17.2 Å². The first kappa shape index (κ1) is 17.9. The number of halogens is 1. The number of carbonyl (C=O) groups excluding carboxylic acids is 1. The van der Waals surface area contributed by atoms with E-state index in [2.05, 4.69) is 4.98 Å². The van der Waals surface area contributed by atoms with Crippen molar-refractivity contribution in [2.24, 2.45) is 0 Å². The number of rotatable bonds is 5. The lowest BCUT2D eigenvalue weighted by atomic mass is 10.3. The second-order valence-corrected chi connectivity index (χ2v) is 5.93. The molecule has 9 heteroatoms. The van der Waals surface area contributed by atoms with Crippen LogP contribution in [0, 0.1) is 0 Å². The van der Waals surface area contributed by atoms with Gasteiger partial charge in [0.15, 0.2) is 11.2 Å². The van der Waals surface area contributed by atoms with Crippen LogP contribution in [-0.4, -0.2) is 31.3 Å². The second kappa shape index (κ2) is 7.17. The molecule has 2 heterocycles. The molecule has 0 amide bonds. The highest BCUT2D eigenvalue weighted by atomic mass is 35.5. The van der Waals surface area contributed by atoms with E-state index >= 15 is 0 Å². The standard InChI is InChI=1S/C17H17ClN4O4/c1-3-21-16(24)14-15(19-10-20(14)9-13(23)26-4-2)22(17(21)25)12-7-5-6-11(18)8-12/h5-8,10H,3-4,9H2,1-2H3. The van der Waals surface area contributed by atoms with Crippen molar-refractivity contribution in [3.05, 3.63) is 56.5 Å². The molecule has 0 fully saturated rings. The van der Waals surface area contributed by atoms with Gasteiger partial charge in [-0.2, -0.15) is 0 Å². The lowest BCUT2D eigenvalue weighted by molar-refractivity contribution is -0.143. The minimum Gasteiger partial charge on any atom is -0.465 e. The molecule has 0 unspecified atom stereocenters. The van der Waals surface area contributed by atoms with Crippen LogP contribution in [-0.2, 0) is 22.6 Å². The van der Waals surface area contributed by atoms with Gasteiger partial charge < -0.3 is 9.30 Å². The normalized spacial score (nSPS) is 11.0. The van der Waals surface area contributed by atoms with Crippen LogP contribution < -0.4 is 11.2 Å². The predicted octanol–water partition coefficient (Wildman–Crippen LogP) is 1.59. The van der Waals surface area contributed by atoms with Crippen molar-refractivity contribution in [1.29, 1.82) is 0 Å². The van der Waals surface area contributed by atoms with Gasteiger partial charge in [-0.15, -0.1) is 0 Å². The molecule has 0 aliphatic rings. The summed E-state index contributed by atoms with van der Waals surface area (Å²) < 4.78 is 8.73. The number of ether oxygens (including phenoxy) is 1. The van der Waals surface area contributed by atoms with Gasteiger partial charge in [-0.05, 0) is 32.0 Å². The number of benzene rings is 1. The third-order valence-corrected chi connectivity index (χ3v) is 4.12. The van der Waals surface area contributed by atoms with Crippen molar-refractivity contribution in [3.63, 3.8) is 0 Å². The number of nitrogens with zero attached hydrogens (tertiary/aromatic N) is 4. The summed E-state index contributed by atoms with van der Waals surface area (Å²) in [4.78, 5) is 41.6. The molecule has 0 aliphatic carbocycles. The average molecular weight is 377 g/mol. The molecular weight excluding hydrogens is 360 g/mol. The highest BCUT2D eigenvalue weighted by molar-refractivity contribution is 6.30. The van der Waals surface area contributed by atoms with Crippen LogP contribution in [0.3, 0.4) is 0 Å². The van der Waals surface area contributed by atoms with E-state index in [9.17, 15) is 14.4 Å². The lowest BCUT2D eigenvalue weighted by Crippen LogP contribution is -2.39.